The molecule has 14 heavy (non-hydrogen) atoms. The summed E-state index contributed by atoms with van der Waals surface area (Å²) in [6.45, 7) is 0. The molecule has 0 saturated carbocycles. The average molecular weight is 225 g/mol. The fourth-order valence-electron chi connectivity index (χ4n) is 1.21. The molecule has 0 aliphatic heterocycles. The van der Waals surface area contributed by atoms with E-state index in [2.05, 4.69) is 0 Å². The van der Waals surface area contributed by atoms with Crippen molar-refractivity contribution in [3.8, 4) is 10.4 Å². The van der Waals surface area contributed by atoms with Crippen molar-refractivity contribution in [2.75, 3.05) is 5.73 Å². The number of hydrogen-bond acceptors (Lipinski definition) is 4. The molecule has 3 nitrogen and oxygen atoms in total. The van der Waals surface area contributed by atoms with Gasteiger partial charge in [0.25, 0.3) is 0 Å². The highest BCUT2D eigenvalue weighted by molar-refractivity contribution is 7.16. The fourth-order valence-corrected chi connectivity index (χ4v) is 2.83. The van der Waals surface area contributed by atoms with Crippen LogP contribution in [0, 0.1) is 0 Å². The highest BCUT2D eigenvalue weighted by Crippen LogP contribution is 2.35. The molecule has 2 rings (SSSR count). The molecule has 0 saturated heterocycles. The first-order valence-corrected chi connectivity index (χ1v) is 5.60. The first kappa shape index (κ1) is 9.23. The van der Waals surface area contributed by atoms with Crippen LogP contribution in [-0.2, 0) is 0 Å². The number of anilines is 1. The van der Waals surface area contributed by atoms with Crippen LogP contribution in [0.3, 0.4) is 0 Å². The second-order valence-electron chi connectivity index (χ2n) is 2.67. The van der Waals surface area contributed by atoms with Gasteiger partial charge in [-0.05, 0) is 11.4 Å². The minimum Gasteiger partial charge on any atom is -0.478 e. The molecule has 0 radical (unpaired) electrons. The molecule has 0 unspecified atom stereocenters. The molecule has 0 atom stereocenters. The maximum absolute atomic E-state index is 10.9. The Balaban J connectivity index is 2.60. The van der Waals surface area contributed by atoms with Gasteiger partial charge in [-0.25, -0.2) is 4.79 Å². The third kappa shape index (κ3) is 1.40. The lowest BCUT2D eigenvalue weighted by Gasteiger charge is -1.96. The van der Waals surface area contributed by atoms with Gasteiger partial charge in [0.2, 0.25) is 0 Å². The summed E-state index contributed by atoms with van der Waals surface area (Å²) >= 11 is 2.77. The number of hydrogen-bond donors (Lipinski definition) is 2. The summed E-state index contributed by atoms with van der Waals surface area (Å²) in [5, 5.41) is 13.0. The number of rotatable bonds is 2. The number of carboxylic acids is 1. The molecule has 0 bridgehead atoms. The number of aromatic carboxylic acids is 1. The van der Waals surface area contributed by atoms with Crippen molar-refractivity contribution in [2.45, 2.75) is 0 Å². The zero-order valence-electron chi connectivity index (χ0n) is 7.06. The number of carboxylic acid groups (broad SMARTS) is 1. The summed E-state index contributed by atoms with van der Waals surface area (Å²) in [5.74, 6) is -0.966. The lowest BCUT2D eigenvalue weighted by Crippen LogP contribution is -1.99. The van der Waals surface area contributed by atoms with E-state index in [0.717, 1.165) is 10.4 Å². The van der Waals surface area contributed by atoms with Gasteiger partial charge in [0.05, 0.1) is 0 Å². The number of nitrogens with two attached hydrogens (primary N) is 1. The Kier molecular flexibility index (Phi) is 2.26. The molecule has 72 valence electrons. The predicted molar refractivity (Wildman–Crippen MR) is 59.0 cm³/mol. The van der Waals surface area contributed by atoms with E-state index in [1.807, 2.05) is 17.5 Å². The van der Waals surface area contributed by atoms with Gasteiger partial charge in [-0.2, -0.15) is 0 Å². The standard InChI is InChI=1S/C9H7NO2S2/c10-8-7(9(11)12)5(4-14-8)6-2-1-3-13-6/h1-4H,10H2,(H,11,12). The molecule has 2 heterocycles. The lowest BCUT2D eigenvalue weighted by molar-refractivity contribution is 0.0699. The average Bonchev–Trinajstić information content (AvgIpc) is 2.70. The summed E-state index contributed by atoms with van der Waals surface area (Å²) in [7, 11) is 0. The van der Waals surface area contributed by atoms with Crippen LogP contribution in [-0.4, -0.2) is 11.1 Å². The number of carbonyl (C=O) groups is 1. The predicted octanol–water partition coefficient (Wildman–Crippen LogP) is 2.76. The van der Waals surface area contributed by atoms with Crippen LogP contribution >= 0.6 is 22.7 Å². The maximum Gasteiger partial charge on any atom is 0.339 e. The van der Waals surface area contributed by atoms with E-state index < -0.39 is 5.97 Å². The molecule has 3 N–H and O–H groups in total. The summed E-state index contributed by atoms with van der Waals surface area (Å²) in [4.78, 5) is 11.9. The molecule has 2 aromatic rings. The van der Waals surface area contributed by atoms with E-state index in [0.29, 0.717) is 5.00 Å². The Bertz CT molecular complexity index is 459. The van der Waals surface area contributed by atoms with E-state index in [9.17, 15) is 4.79 Å². The van der Waals surface area contributed by atoms with Gasteiger partial charge in [0.1, 0.15) is 10.6 Å². The van der Waals surface area contributed by atoms with E-state index >= 15 is 0 Å². The zero-order valence-corrected chi connectivity index (χ0v) is 8.69. The second-order valence-corrected chi connectivity index (χ2v) is 4.53. The molecule has 0 aliphatic rings. The third-order valence-corrected chi connectivity index (χ3v) is 3.53. The van der Waals surface area contributed by atoms with Crippen LogP contribution in [0.1, 0.15) is 10.4 Å². The molecular weight excluding hydrogens is 218 g/mol. The molecular formula is C9H7NO2S2. The van der Waals surface area contributed by atoms with Gasteiger partial charge >= 0.3 is 5.97 Å². The van der Waals surface area contributed by atoms with Gasteiger partial charge in [-0.3, -0.25) is 0 Å². The van der Waals surface area contributed by atoms with E-state index in [1.165, 1.54) is 22.7 Å². The van der Waals surface area contributed by atoms with Gasteiger partial charge in [0, 0.05) is 15.8 Å². The van der Waals surface area contributed by atoms with Crippen LogP contribution in [0.4, 0.5) is 5.00 Å². The topological polar surface area (TPSA) is 63.3 Å². The molecule has 0 amide bonds. The molecule has 0 spiro atoms. The van der Waals surface area contributed by atoms with Crippen molar-refractivity contribution in [3.05, 3.63) is 28.5 Å². The Morgan fingerprint density at radius 1 is 1.43 bits per heavy atom. The molecule has 0 aromatic carbocycles. The van der Waals surface area contributed by atoms with Gasteiger partial charge in [-0.1, -0.05) is 6.07 Å². The van der Waals surface area contributed by atoms with Gasteiger partial charge in [-0.15, -0.1) is 22.7 Å². The summed E-state index contributed by atoms with van der Waals surface area (Å²) < 4.78 is 0. The minimum atomic E-state index is -0.966. The van der Waals surface area contributed by atoms with Crippen molar-refractivity contribution in [1.29, 1.82) is 0 Å². The lowest BCUT2D eigenvalue weighted by atomic mass is 10.1. The molecule has 0 fully saturated rings. The fraction of sp³-hybridized carbons (Fsp3) is 0. The summed E-state index contributed by atoms with van der Waals surface area (Å²) in [5.41, 5.74) is 6.53. The number of nitrogen functional groups attached to an aromatic ring is 1. The van der Waals surface area contributed by atoms with Crippen molar-refractivity contribution in [3.63, 3.8) is 0 Å². The highest BCUT2D eigenvalue weighted by atomic mass is 32.1. The summed E-state index contributed by atoms with van der Waals surface area (Å²) in [6.07, 6.45) is 0. The van der Waals surface area contributed by atoms with Crippen molar-refractivity contribution >= 4 is 33.6 Å². The monoisotopic (exact) mass is 225 g/mol. The third-order valence-electron chi connectivity index (χ3n) is 1.82. The molecule has 2 aromatic heterocycles. The number of thiophene rings is 2. The van der Waals surface area contributed by atoms with Crippen LogP contribution in [0.5, 0.6) is 0 Å². The smallest absolute Gasteiger partial charge is 0.339 e. The van der Waals surface area contributed by atoms with Crippen molar-refractivity contribution in [2.24, 2.45) is 0 Å². The zero-order chi connectivity index (χ0) is 10.1. The van der Waals surface area contributed by atoms with Crippen LogP contribution in [0.25, 0.3) is 10.4 Å². The highest BCUT2D eigenvalue weighted by Gasteiger charge is 2.17. The van der Waals surface area contributed by atoms with Crippen LogP contribution in [0.15, 0.2) is 22.9 Å². The Morgan fingerprint density at radius 2 is 2.21 bits per heavy atom. The second kappa shape index (κ2) is 3.43. The first-order chi connectivity index (χ1) is 6.70. The Labute approximate surface area is 88.4 Å². The largest absolute Gasteiger partial charge is 0.478 e. The first-order valence-electron chi connectivity index (χ1n) is 3.84. The van der Waals surface area contributed by atoms with Crippen molar-refractivity contribution in [1.82, 2.24) is 0 Å². The van der Waals surface area contributed by atoms with E-state index in [-0.39, 0.29) is 5.56 Å². The van der Waals surface area contributed by atoms with E-state index in [4.69, 9.17) is 10.8 Å². The summed E-state index contributed by atoms with van der Waals surface area (Å²) in [6, 6.07) is 3.78. The quantitative estimate of drug-likeness (QED) is 0.826. The van der Waals surface area contributed by atoms with Crippen molar-refractivity contribution < 1.29 is 9.90 Å². The maximum atomic E-state index is 10.9. The Hall–Kier alpha value is -1.33. The minimum absolute atomic E-state index is 0.220. The molecule has 5 heteroatoms. The SMILES string of the molecule is Nc1scc(-c2cccs2)c1C(=O)O. The van der Waals surface area contributed by atoms with Gasteiger partial charge in [0.15, 0.2) is 0 Å². The van der Waals surface area contributed by atoms with Crippen LogP contribution in [0.2, 0.25) is 0 Å². The Morgan fingerprint density at radius 3 is 2.79 bits per heavy atom. The van der Waals surface area contributed by atoms with Gasteiger partial charge < -0.3 is 10.8 Å². The normalized spacial score (nSPS) is 10.3. The van der Waals surface area contributed by atoms with E-state index in [1.54, 1.807) is 5.38 Å². The van der Waals surface area contributed by atoms with Crippen LogP contribution < -0.4 is 5.73 Å². The molecule has 0 aliphatic carbocycles.